The van der Waals surface area contributed by atoms with E-state index in [1.165, 1.54) is 49.8 Å². The van der Waals surface area contributed by atoms with Gasteiger partial charge in [-0.3, -0.25) is 0 Å². The molecule has 0 radical (unpaired) electrons. The smallest absolute Gasteiger partial charge is 0.107 e. The quantitative estimate of drug-likeness (QED) is 0.602. The molecule has 4 heteroatoms. The van der Waals surface area contributed by atoms with E-state index in [4.69, 9.17) is 11.6 Å². The number of hydrogen-bond donors (Lipinski definition) is 1. The van der Waals surface area contributed by atoms with Crippen molar-refractivity contribution in [3.63, 3.8) is 0 Å². The predicted molar refractivity (Wildman–Crippen MR) is 93.8 cm³/mol. The van der Waals surface area contributed by atoms with Crippen molar-refractivity contribution in [1.82, 2.24) is 5.32 Å². The first-order valence-corrected chi connectivity index (χ1v) is 9.76. The zero-order chi connectivity index (χ0) is 14.5. The lowest BCUT2D eigenvalue weighted by molar-refractivity contribution is 0.219. The minimum Gasteiger partial charge on any atom is -0.312 e. The fourth-order valence-electron chi connectivity index (χ4n) is 3.43. The topological polar surface area (TPSA) is 12.0 Å². The molecule has 2 rings (SSSR count). The first kappa shape index (κ1) is 16.8. The molecule has 0 amide bonds. The summed E-state index contributed by atoms with van der Waals surface area (Å²) in [4.78, 5) is 1.38. The zero-order valence-electron chi connectivity index (χ0n) is 12.4. The number of halogens is 2. The molecule has 0 saturated heterocycles. The van der Waals surface area contributed by atoms with Gasteiger partial charge >= 0.3 is 0 Å². The highest BCUT2D eigenvalue weighted by atomic mass is 79.9. The Morgan fingerprint density at radius 3 is 2.60 bits per heavy atom. The molecule has 1 N–H and O–H groups in total. The summed E-state index contributed by atoms with van der Waals surface area (Å²) in [5, 5.41) is 3.52. The lowest BCUT2D eigenvalue weighted by Crippen LogP contribution is -2.28. The number of nitrogens with one attached hydrogen (secondary N) is 1. The second kappa shape index (κ2) is 8.17. The number of unbranched alkanes of at least 4 members (excludes halogenated alkanes) is 1. The van der Waals surface area contributed by atoms with E-state index < -0.39 is 0 Å². The maximum absolute atomic E-state index is 6.19. The second-order valence-electron chi connectivity index (χ2n) is 5.96. The van der Waals surface area contributed by atoms with Crippen LogP contribution in [-0.2, 0) is 0 Å². The van der Waals surface area contributed by atoms with E-state index in [2.05, 4.69) is 41.3 Å². The minimum atomic E-state index is 0.468. The van der Waals surface area contributed by atoms with Crippen molar-refractivity contribution < 1.29 is 0 Å². The fourth-order valence-corrected chi connectivity index (χ4v) is 5.37. The molecule has 1 aromatic rings. The first-order valence-electron chi connectivity index (χ1n) is 7.77. The van der Waals surface area contributed by atoms with Crippen molar-refractivity contribution in [2.75, 3.05) is 7.05 Å². The van der Waals surface area contributed by atoms with E-state index in [0.717, 1.165) is 20.6 Å². The Hall–Kier alpha value is 0.430. The summed E-state index contributed by atoms with van der Waals surface area (Å²) < 4.78 is 1.91. The van der Waals surface area contributed by atoms with Gasteiger partial charge in [0, 0.05) is 15.4 Å². The second-order valence-corrected chi connectivity index (χ2v) is 8.50. The number of thiophene rings is 1. The summed E-state index contributed by atoms with van der Waals surface area (Å²) in [5.74, 6) is 1.74. The van der Waals surface area contributed by atoms with Crippen molar-refractivity contribution in [3.8, 4) is 0 Å². The molecular formula is C16H25BrClNS. The minimum absolute atomic E-state index is 0.468. The van der Waals surface area contributed by atoms with Crippen molar-refractivity contribution in [2.24, 2.45) is 11.8 Å². The van der Waals surface area contributed by atoms with Gasteiger partial charge in [0.15, 0.2) is 0 Å². The largest absolute Gasteiger partial charge is 0.312 e. The third kappa shape index (κ3) is 4.22. The molecule has 1 aliphatic rings. The summed E-state index contributed by atoms with van der Waals surface area (Å²) in [6, 6.07) is 2.66. The molecular weight excluding hydrogens is 354 g/mol. The van der Waals surface area contributed by atoms with Crippen molar-refractivity contribution >= 4 is 38.9 Å². The molecule has 1 fully saturated rings. The molecule has 0 aliphatic heterocycles. The number of rotatable bonds is 6. The lowest BCUT2D eigenvalue weighted by Gasteiger charge is -2.33. The van der Waals surface area contributed by atoms with Crippen LogP contribution in [0.2, 0.25) is 4.34 Å². The van der Waals surface area contributed by atoms with Gasteiger partial charge in [0.1, 0.15) is 4.34 Å². The van der Waals surface area contributed by atoms with Crippen LogP contribution in [0.4, 0.5) is 0 Å². The Kier molecular flexibility index (Phi) is 6.86. The van der Waals surface area contributed by atoms with Crippen LogP contribution in [0.15, 0.2) is 10.5 Å². The molecule has 0 bridgehead atoms. The van der Waals surface area contributed by atoms with E-state index in [1.54, 1.807) is 11.3 Å². The maximum Gasteiger partial charge on any atom is 0.107 e. The third-order valence-corrected chi connectivity index (χ3v) is 7.17. The van der Waals surface area contributed by atoms with Gasteiger partial charge in [-0.05, 0) is 53.7 Å². The van der Waals surface area contributed by atoms with E-state index in [1.807, 2.05) is 0 Å². The highest BCUT2D eigenvalue weighted by Crippen LogP contribution is 2.42. The Balaban J connectivity index is 1.93. The molecule has 0 spiro atoms. The SMILES string of the molecule is CCCCC1CCC(C(NC)c2cc(Br)c(Cl)s2)CC1. The van der Waals surface area contributed by atoms with Crippen LogP contribution >= 0.6 is 38.9 Å². The van der Waals surface area contributed by atoms with E-state index in [-0.39, 0.29) is 0 Å². The predicted octanol–water partition coefficient (Wildman–Crippen LogP) is 6.42. The average molecular weight is 379 g/mol. The van der Waals surface area contributed by atoms with Gasteiger partial charge < -0.3 is 5.32 Å². The zero-order valence-corrected chi connectivity index (χ0v) is 15.6. The summed E-state index contributed by atoms with van der Waals surface area (Å²) in [6.45, 7) is 2.29. The van der Waals surface area contributed by atoms with Crippen LogP contribution in [0.1, 0.15) is 62.8 Å². The maximum atomic E-state index is 6.19. The van der Waals surface area contributed by atoms with Crippen LogP contribution in [0.25, 0.3) is 0 Å². The van der Waals surface area contributed by atoms with Crippen molar-refractivity contribution in [2.45, 2.75) is 57.9 Å². The highest BCUT2D eigenvalue weighted by Gasteiger charge is 2.28. The Morgan fingerprint density at radius 2 is 2.10 bits per heavy atom. The molecule has 1 nitrogen and oxygen atoms in total. The van der Waals surface area contributed by atoms with Gasteiger partial charge in [0.2, 0.25) is 0 Å². The Morgan fingerprint density at radius 1 is 1.40 bits per heavy atom. The van der Waals surface area contributed by atoms with Gasteiger partial charge in [0.25, 0.3) is 0 Å². The average Bonchev–Trinajstić information content (AvgIpc) is 2.78. The molecule has 0 aromatic carbocycles. The summed E-state index contributed by atoms with van der Waals surface area (Å²) in [6.07, 6.45) is 9.69. The lowest BCUT2D eigenvalue weighted by atomic mass is 9.76. The van der Waals surface area contributed by atoms with E-state index >= 15 is 0 Å². The summed E-state index contributed by atoms with van der Waals surface area (Å²) in [7, 11) is 2.08. The van der Waals surface area contributed by atoms with Gasteiger partial charge in [0.05, 0.1) is 0 Å². The van der Waals surface area contributed by atoms with Crippen LogP contribution < -0.4 is 5.32 Å². The Bertz CT molecular complexity index is 393. The van der Waals surface area contributed by atoms with Crippen molar-refractivity contribution in [1.29, 1.82) is 0 Å². The third-order valence-electron chi connectivity index (χ3n) is 4.61. The van der Waals surface area contributed by atoms with Crippen LogP contribution in [-0.4, -0.2) is 7.05 Å². The molecule has 1 aromatic heterocycles. The van der Waals surface area contributed by atoms with Gasteiger partial charge in [-0.15, -0.1) is 11.3 Å². The fraction of sp³-hybridized carbons (Fsp3) is 0.750. The molecule has 1 unspecified atom stereocenters. The van der Waals surface area contributed by atoms with Crippen LogP contribution in [0, 0.1) is 11.8 Å². The number of hydrogen-bond acceptors (Lipinski definition) is 2. The van der Waals surface area contributed by atoms with Gasteiger partial charge in [-0.2, -0.15) is 0 Å². The first-order chi connectivity index (χ1) is 9.65. The van der Waals surface area contributed by atoms with E-state index in [0.29, 0.717) is 6.04 Å². The molecule has 1 heterocycles. The van der Waals surface area contributed by atoms with Crippen molar-refractivity contribution in [3.05, 3.63) is 19.8 Å². The van der Waals surface area contributed by atoms with Gasteiger partial charge in [-0.1, -0.05) is 50.6 Å². The summed E-state index contributed by atoms with van der Waals surface area (Å²) in [5.41, 5.74) is 0. The summed E-state index contributed by atoms with van der Waals surface area (Å²) >= 11 is 11.4. The van der Waals surface area contributed by atoms with E-state index in [9.17, 15) is 0 Å². The Labute approximate surface area is 140 Å². The van der Waals surface area contributed by atoms with Crippen LogP contribution in [0.3, 0.4) is 0 Å². The monoisotopic (exact) mass is 377 g/mol. The molecule has 1 saturated carbocycles. The normalized spacial score (nSPS) is 24.8. The van der Waals surface area contributed by atoms with Crippen LogP contribution in [0.5, 0.6) is 0 Å². The standard InChI is InChI=1S/C16H25BrClNS/c1-3-4-5-11-6-8-12(9-7-11)15(19-2)14-10-13(17)16(18)20-14/h10-12,15,19H,3-9H2,1-2H3. The highest BCUT2D eigenvalue weighted by molar-refractivity contribution is 9.10. The molecule has 20 heavy (non-hydrogen) atoms. The molecule has 114 valence electrons. The van der Waals surface area contributed by atoms with Gasteiger partial charge in [-0.25, -0.2) is 0 Å². The molecule has 1 atom stereocenters. The molecule has 1 aliphatic carbocycles.